The minimum Gasteiger partial charge on any atom is -0.380 e. The molecule has 0 fully saturated rings. The van der Waals surface area contributed by atoms with Crippen LogP contribution in [-0.2, 0) is 4.74 Å². The third-order valence-corrected chi connectivity index (χ3v) is 2.45. The van der Waals surface area contributed by atoms with Gasteiger partial charge >= 0.3 is 0 Å². The van der Waals surface area contributed by atoms with E-state index in [0.29, 0.717) is 25.3 Å². The van der Waals surface area contributed by atoms with Crippen molar-refractivity contribution < 1.29 is 9.53 Å². The second-order valence-corrected chi connectivity index (χ2v) is 4.15. The predicted molar refractivity (Wildman–Crippen MR) is 74.0 cm³/mol. The van der Waals surface area contributed by atoms with Gasteiger partial charge in [-0.05, 0) is 39.0 Å². The largest absolute Gasteiger partial charge is 0.380 e. The Bertz CT molecular complexity index is 380. The van der Waals surface area contributed by atoms with Crippen LogP contribution in [0.5, 0.6) is 0 Å². The number of amides is 1. The van der Waals surface area contributed by atoms with Gasteiger partial charge in [0.15, 0.2) is 0 Å². The van der Waals surface area contributed by atoms with Gasteiger partial charge in [0.2, 0.25) is 0 Å². The molecule has 1 rings (SSSR count). The van der Waals surface area contributed by atoms with E-state index < -0.39 is 0 Å². The Kier molecular flexibility index (Phi) is 6.22. The van der Waals surface area contributed by atoms with Crippen molar-refractivity contribution in [1.29, 1.82) is 0 Å². The first-order chi connectivity index (χ1) is 8.67. The van der Waals surface area contributed by atoms with Crippen molar-refractivity contribution >= 4 is 11.6 Å². The smallest absolute Gasteiger partial charge is 0.251 e. The zero-order valence-corrected chi connectivity index (χ0v) is 11.3. The van der Waals surface area contributed by atoms with Crippen molar-refractivity contribution in [2.45, 2.75) is 26.8 Å². The summed E-state index contributed by atoms with van der Waals surface area (Å²) in [6, 6.07) is 7.71. The van der Waals surface area contributed by atoms with Gasteiger partial charge in [-0.25, -0.2) is 0 Å². The van der Waals surface area contributed by atoms with Crippen LogP contribution >= 0.6 is 0 Å². The normalized spacial score (nSPS) is 11.9. The number of rotatable bonds is 7. The van der Waals surface area contributed by atoms with Crippen LogP contribution in [0.15, 0.2) is 24.3 Å². The second kappa shape index (κ2) is 7.71. The van der Waals surface area contributed by atoms with E-state index in [-0.39, 0.29) is 11.9 Å². The van der Waals surface area contributed by atoms with Crippen molar-refractivity contribution in [2.24, 2.45) is 0 Å². The van der Waals surface area contributed by atoms with Crippen molar-refractivity contribution in [2.75, 3.05) is 25.1 Å². The number of ether oxygens (including phenoxy) is 1. The molecule has 4 heteroatoms. The van der Waals surface area contributed by atoms with Gasteiger partial charge in [-0.1, -0.05) is 6.07 Å². The molecule has 0 aliphatic heterocycles. The van der Waals surface area contributed by atoms with E-state index in [0.717, 1.165) is 5.69 Å². The van der Waals surface area contributed by atoms with E-state index in [1.54, 1.807) is 0 Å². The van der Waals surface area contributed by atoms with Gasteiger partial charge in [0.05, 0.1) is 6.61 Å². The van der Waals surface area contributed by atoms with Gasteiger partial charge in [0, 0.05) is 30.4 Å². The topological polar surface area (TPSA) is 50.4 Å². The quantitative estimate of drug-likeness (QED) is 0.780. The molecule has 0 saturated carbocycles. The molecular weight excluding hydrogens is 228 g/mol. The second-order valence-electron chi connectivity index (χ2n) is 4.15. The van der Waals surface area contributed by atoms with E-state index in [1.165, 1.54) is 0 Å². The molecule has 18 heavy (non-hydrogen) atoms. The monoisotopic (exact) mass is 250 g/mol. The average Bonchev–Trinajstić information content (AvgIpc) is 2.37. The predicted octanol–water partition coefficient (Wildman–Crippen LogP) is 2.27. The molecule has 0 aromatic heterocycles. The van der Waals surface area contributed by atoms with Crippen LogP contribution in [0.25, 0.3) is 0 Å². The van der Waals surface area contributed by atoms with E-state index in [1.807, 2.05) is 38.1 Å². The molecule has 0 saturated heterocycles. The lowest BCUT2D eigenvalue weighted by Crippen LogP contribution is -2.24. The fourth-order valence-corrected chi connectivity index (χ4v) is 1.63. The van der Waals surface area contributed by atoms with E-state index in [2.05, 4.69) is 17.6 Å². The molecule has 1 unspecified atom stereocenters. The fraction of sp³-hybridized carbons (Fsp3) is 0.500. The molecule has 4 nitrogen and oxygen atoms in total. The molecule has 0 radical (unpaired) electrons. The van der Waals surface area contributed by atoms with E-state index in [4.69, 9.17) is 4.74 Å². The number of carbonyl (C=O) groups is 1. The molecule has 1 aromatic rings. The third kappa shape index (κ3) is 4.75. The molecule has 1 amide bonds. The first kappa shape index (κ1) is 14.5. The number of nitrogens with one attached hydrogen (secondary N) is 2. The Morgan fingerprint density at radius 2 is 2.17 bits per heavy atom. The van der Waals surface area contributed by atoms with Gasteiger partial charge in [0.25, 0.3) is 5.91 Å². The minimum atomic E-state index is -0.0430. The SMILES string of the molecule is CCNC(=O)c1cccc(NC(C)COCC)c1. The first-order valence-corrected chi connectivity index (χ1v) is 6.39. The zero-order valence-electron chi connectivity index (χ0n) is 11.3. The lowest BCUT2D eigenvalue weighted by molar-refractivity contribution is 0.0956. The van der Waals surface area contributed by atoms with Gasteiger partial charge in [-0.15, -0.1) is 0 Å². The highest BCUT2D eigenvalue weighted by Gasteiger charge is 2.06. The van der Waals surface area contributed by atoms with Crippen LogP contribution in [0, 0.1) is 0 Å². The molecule has 100 valence electrons. The van der Waals surface area contributed by atoms with Crippen LogP contribution in [0.4, 0.5) is 5.69 Å². The first-order valence-electron chi connectivity index (χ1n) is 6.39. The lowest BCUT2D eigenvalue weighted by Gasteiger charge is -2.15. The number of benzene rings is 1. The maximum Gasteiger partial charge on any atom is 0.251 e. The summed E-state index contributed by atoms with van der Waals surface area (Å²) in [4.78, 5) is 11.7. The molecule has 0 bridgehead atoms. The maximum atomic E-state index is 11.7. The maximum absolute atomic E-state index is 11.7. The number of carbonyl (C=O) groups excluding carboxylic acids is 1. The highest BCUT2D eigenvalue weighted by molar-refractivity contribution is 5.95. The minimum absolute atomic E-state index is 0.0430. The molecule has 1 aromatic carbocycles. The number of hydrogen-bond donors (Lipinski definition) is 2. The number of anilines is 1. The van der Waals surface area contributed by atoms with Crippen molar-refractivity contribution in [3.8, 4) is 0 Å². The Morgan fingerprint density at radius 3 is 2.83 bits per heavy atom. The van der Waals surface area contributed by atoms with Crippen LogP contribution in [0.2, 0.25) is 0 Å². The Hall–Kier alpha value is -1.55. The Morgan fingerprint density at radius 1 is 1.39 bits per heavy atom. The molecule has 2 N–H and O–H groups in total. The van der Waals surface area contributed by atoms with Gasteiger partial charge in [0.1, 0.15) is 0 Å². The summed E-state index contributed by atoms with van der Waals surface area (Å²) in [5.41, 5.74) is 1.61. The molecule has 1 atom stereocenters. The van der Waals surface area contributed by atoms with Crippen LogP contribution in [0.1, 0.15) is 31.1 Å². The van der Waals surface area contributed by atoms with Crippen molar-refractivity contribution in [1.82, 2.24) is 5.32 Å². The summed E-state index contributed by atoms with van der Waals surface area (Å²) in [5, 5.41) is 6.09. The average molecular weight is 250 g/mol. The summed E-state index contributed by atoms with van der Waals surface area (Å²) in [5.74, 6) is -0.0430. The van der Waals surface area contributed by atoms with Gasteiger partial charge in [-0.3, -0.25) is 4.79 Å². The molecule has 0 aliphatic carbocycles. The lowest BCUT2D eigenvalue weighted by atomic mass is 10.1. The van der Waals surface area contributed by atoms with Crippen molar-refractivity contribution in [3.63, 3.8) is 0 Å². The van der Waals surface area contributed by atoms with E-state index in [9.17, 15) is 4.79 Å². The molecule has 0 aliphatic rings. The van der Waals surface area contributed by atoms with Gasteiger partial charge in [-0.2, -0.15) is 0 Å². The fourth-order valence-electron chi connectivity index (χ4n) is 1.63. The standard InChI is InChI=1S/C14H22N2O2/c1-4-15-14(17)12-7-6-8-13(9-12)16-11(3)10-18-5-2/h6-9,11,16H,4-5,10H2,1-3H3,(H,15,17). The van der Waals surface area contributed by atoms with Crippen LogP contribution in [0.3, 0.4) is 0 Å². The summed E-state index contributed by atoms with van der Waals surface area (Å²) in [7, 11) is 0. The van der Waals surface area contributed by atoms with Crippen molar-refractivity contribution in [3.05, 3.63) is 29.8 Å². The zero-order chi connectivity index (χ0) is 13.4. The Labute approximate surface area is 109 Å². The molecular formula is C14H22N2O2. The summed E-state index contributed by atoms with van der Waals surface area (Å²) in [6.07, 6.45) is 0. The highest BCUT2D eigenvalue weighted by atomic mass is 16.5. The van der Waals surface area contributed by atoms with Crippen LogP contribution < -0.4 is 10.6 Å². The molecule has 0 heterocycles. The number of hydrogen-bond acceptors (Lipinski definition) is 3. The molecule has 0 spiro atoms. The summed E-state index contributed by atoms with van der Waals surface area (Å²) < 4.78 is 5.34. The summed E-state index contributed by atoms with van der Waals surface area (Å²) in [6.45, 7) is 7.94. The van der Waals surface area contributed by atoms with E-state index >= 15 is 0 Å². The summed E-state index contributed by atoms with van der Waals surface area (Å²) >= 11 is 0. The van der Waals surface area contributed by atoms with Crippen LogP contribution in [-0.4, -0.2) is 31.7 Å². The third-order valence-electron chi connectivity index (χ3n) is 2.45. The Balaban J connectivity index is 2.61. The van der Waals surface area contributed by atoms with Gasteiger partial charge < -0.3 is 15.4 Å². The highest BCUT2D eigenvalue weighted by Crippen LogP contribution is 2.12.